The number of ether oxygens (including phenoxy) is 7. The minimum Gasteiger partial charge on any atom is -0.481 e. The van der Waals surface area contributed by atoms with Gasteiger partial charge in [0.05, 0.1) is 85.2 Å². The second-order valence-corrected chi connectivity index (χ2v) is 8.96. The van der Waals surface area contributed by atoms with E-state index in [1.807, 2.05) is 0 Å². The Labute approximate surface area is 239 Å². The number of carbonyl (C=O) groups excluding carboxylic acids is 2. The Morgan fingerprint density at radius 1 is 0.610 bits per heavy atom. The van der Waals surface area contributed by atoms with Crippen LogP contribution in [-0.2, 0) is 47.5 Å². The minimum atomic E-state index is -1.36. The number of nitrogens with one attached hydrogen (secondary N) is 2. The predicted molar refractivity (Wildman–Crippen MR) is 140 cm³/mol. The van der Waals surface area contributed by atoms with Crippen molar-refractivity contribution in [3.05, 3.63) is 0 Å². The molecule has 0 spiro atoms. The molecular weight excluding hydrogens is 552 g/mol. The average molecular weight is 599 g/mol. The van der Waals surface area contributed by atoms with Gasteiger partial charge in [-0.3, -0.25) is 14.4 Å². The molecule has 0 unspecified atom stereocenters. The normalized spacial score (nSPS) is 22.4. The van der Waals surface area contributed by atoms with Crippen molar-refractivity contribution in [2.24, 2.45) is 0 Å². The molecule has 1 aliphatic heterocycles. The third-order valence-corrected chi connectivity index (χ3v) is 5.61. The van der Waals surface area contributed by atoms with Crippen LogP contribution in [0.3, 0.4) is 0 Å². The molecule has 1 fully saturated rings. The summed E-state index contributed by atoms with van der Waals surface area (Å²) in [6.45, 7) is 5.48. The van der Waals surface area contributed by atoms with E-state index in [-0.39, 0.29) is 57.5 Å². The van der Waals surface area contributed by atoms with Crippen molar-refractivity contribution in [3.8, 4) is 0 Å². The van der Waals surface area contributed by atoms with E-state index in [1.165, 1.54) is 0 Å². The Morgan fingerprint density at radius 3 is 1.61 bits per heavy atom. The standard InChI is InChI=1S/C25H46N2O14/c1-18-22(32)23(33)24(34)25(41-18)40-17-16-37-9-6-27-20(29)4-7-35-10-12-38-14-15-39-13-11-36-8-5-26-19(28)2-3-21(30)31/h18,22-25,32-34H,2-17H2,1H3,(H,26,28)(H,27,29)(H,30,31)/t18-,22-,23+,24+,25+/m0/s1. The molecule has 5 atom stereocenters. The molecule has 1 aliphatic rings. The van der Waals surface area contributed by atoms with Crippen LogP contribution < -0.4 is 10.6 Å². The van der Waals surface area contributed by atoms with Gasteiger partial charge in [0.15, 0.2) is 6.29 Å². The number of amides is 2. The van der Waals surface area contributed by atoms with Crippen molar-refractivity contribution in [2.45, 2.75) is 56.9 Å². The summed E-state index contributed by atoms with van der Waals surface area (Å²) in [6, 6.07) is 0. The van der Waals surface area contributed by atoms with E-state index in [9.17, 15) is 29.7 Å². The van der Waals surface area contributed by atoms with Crippen LogP contribution in [0.15, 0.2) is 0 Å². The largest absolute Gasteiger partial charge is 0.481 e. The molecule has 16 nitrogen and oxygen atoms in total. The van der Waals surface area contributed by atoms with E-state index in [2.05, 4.69) is 10.6 Å². The fourth-order valence-electron chi connectivity index (χ4n) is 3.33. The van der Waals surface area contributed by atoms with Crippen LogP contribution in [0.1, 0.15) is 26.2 Å². The first-order valence-electron chi connectivity index (χ1n) is 13.7. The number of carbonyl (C=O) groups is 3. The summed E-state index contributed by atoms with van der Waals surface area (Å²) >= 11 is 0. The van der Waals surface area contributed by atoms with Crippen molar-refractivity contribution in [3.63, 3.8) is 0 Å². The first kappa shape index (κ1) is 37.0. The van der Waals surface area contributed by atoms with E-state index >= 15 is 0 Å². The lowest BCUT2D eigenvalue weighted by molar-refractivity contribution is -0.294. The second kappa shape index (κ2) is 23.6. The molecule has 2 amide bonds. The van der Waals surface area contributed by atoms with E-state index in [0.717, 1.165) is 0 Å². The molecule has 0 aliphatic carbocycles. The quantitative estimate of drug-likeness (QED) is 0.0594. The smallest absolute Gasteiger partial charge is 0.303 e. The van der Waals surface area contributed by atoms with E-state index in [1.54, 1.807) is 6.92 Å². The third kappa shape index (κ3) is 18.9. The molecule has 0 aromatic carbocycles. The van der Waals surface area contributed by atoms with Crippen LogP contribution in [0.2, 0.25) is 0 Å². The summed E-state index contributed by atoms with van der Waals surface area (Å²) in [5.74, 6) is -1.52. The van der Waals surface area contributed by atoms with E-state index in [0.29, 0.717) is 59.3 Å². The Morgan fingerprint density at radius 2 is 1.07 bits per heavy atom. The predicted octanol–water partition coefficient (Wildman–Crippen LogP) is -2.60. The van der Waals surface area contributed by atoms with Crippen molar-refractivity contribution < 1.29 is 68.0 Å². The van der Waals surface area contributed by atoms with Crippen LogP contribution in [0, 0.1) is 0 Å². The number of aliphatic hydroxyl groups excluding tert-OH is 3. The number of carboxylic acids is 1. The highest BCUT2D eigenvalue weighted by Crippen LogP contribution is 2.21. The summed E-state index contributed by atoms with van der Waals surface area (Å²) < 4.78 is 37.4. The molecule has 1 saturated heterocycles. The van der Waals surface area contributed by atoms with Gasteiger partial charge in [0, 0.05) is 25.9 Å². The maximum Gasteiger partial charge on any atom is 0.303 e. The van der Waals surface area contributed by atoms with Crippen LogP contribution in [0.4, 0.5) is 0 Å². The fraction of sp³-hybridized carbons (Fsp3) is 0.880. The zero-order chi connectivity index (χ0) is 30.3. The van der Waals surface area contributed by atoms with Crippen molar-refractivity contribution in [1.29, 1.82) is 0 Å². The van der Waals surface area contributed by atoms with Gasteiger partial charge in [-0.2, -0.15) is 0 Å². The summed E-state index contributed by atoms with van der Waals surface area (Å²) in [5, 5.41) is 43.0. The number of aliphatic hydroxyl groups is 3. The SMILES string of the molecule is C[C@@H]1O[C@@H](OCCOCCNC(=O)CCOCCOCCOCCOCCNC(=O)CCC(=O)O)[C@H](O)[C@H](O)[C@H]1O. The Hall–Kier alpha value is -1.99. The molecule has 0 saturated carbocycles. The Balaban J connectivity index is 1.80. The summed E-state index contributed by atoms with van der Waals surface area (Å²) in [6.07, 6.45) is -5.69. The maximum atomic E-state index is 11.8. The topological polar surface area (TPSA) is 221 Å². The molecule has 0 aromatic heterocycles. The first-order chi connectivity index (χ1) is 19.7. The van der Waals surface area contributed by atoms with Gasteiger partial charge < -0.3 is 64.2 Å². The zero-order valence-electron chi connectivity index (χ0n) is 23.6. The molecule has 0 radical (unpaired) electrons. The number of aliphatic carboxylic acids is 1. The lowest BCUT2D eigenvalue weighted by Gasteiger charge is -2.38. The summed E-state index contributed by atoms with van der Waals surface area (Å²) in [5.41, 5.74) is 0. The highest BCUT2D eigenvalue weighted by molar-refractivity contribution is 5.80. The number of carboxylic acid groups (broad SMARTS) is 1. The molecule has 0 bridgehead atoms. The average Bonchev–Trinajstić information content (AvgIpc) is 2.94. The summed E-state index contributed by atoms with van der Waals surface area (Å²) in [4.78, 5) is 33.5. The van der Waals surface area contributed by atoms with Crippen molar-refractivity contribution in [1.82, 2.24) is 10.6 Å². The molecule has 16 heteroatoms. The summed E-state index contributed by atoms with van der Waals surface area (Å²) in [7, 11) is 0. The van der Waals surface area contributed by atoms with Crippen molar-refractivity contribution >= 4 is 17.8 Å². The number of rotatable bonds is 25. The van der Waals surface area contributed by atoms with Gasteiger partial charge >= 0.3 is 5.97 Å². The van der Waals surface area contributed by atoms with E-state index < -0.39 is 36.7 Å². The zero-order valence-corrected chi connectivity index (χ0v) is 23.6. The fourth-order valence-corrected chi connectivity index (χ4v) is 3.33. The molecule has 6 N–H and O–H groups in total. The third-order valence-electron chi connectivity index (χ3n) is 5.61. The van der Waals surface area contributed by atoms with Crippen molar-refractivity contribution in [2.75, 3.05) is 85.8 Å². The molecule has 1 rings (SSSR count). The van der Waals surface area contributed by atoms with Gasteiger partial charge in [-0.1, -0.05) is 0 Å². The Kier molecular flexibility index (Phi) is 21.3. The minimum absolute atomic E-state index is 0.0546. The lowest BCUT2D eigenvalue weighted by Crippen LogP contribution is -2.57. The Bertz CT molecular complexity index is 716. The van der Waals surface area contributed by atoms with Crippen LogP contribution in [-0.4, -0.2) is 155 Å². The van der Waals surface area contributed by atoms with Crippen LogP contribution >= 0.6 is 0 Å². The van der Waals surface area contributed by atoms with Crippen LogP contribution in [0.25, 0.3) is 0 Å². The highest BCUT2D eigenvalue weighted by Gasteiger charge is 2.42. The molecule has 41 heavy (non-hydrogen) atoms. The number of hydrogen-bond acceptors (Lipinski definition) is 13. The van der Waals surface area contributed by atoms with Gasteiger partial charge in [0.2, 0.25) is 11.8 Å². The molecule has 1 heterocycles. The first-order valence-corrected chi connectivity index (χ1v) is 13.7. The highest BCUT2D eigenvalue weighted by atomic mass is 16.7. The van der Waals surface area contributed by atoms with Gasteiger partial charge in [-0.15, -0.1) is 0 Å². The van der Waals surface area contributed by atoms with E-state index in [4.69, 9.17) is 38.3 Å². The van der Waals surface area contributed by atoms with Gasteiger partial charge in [0.1, 0.15) is 18.3 Å². The number of hydrogen-bond donors (Lipinski definition) is 6. The van der Waals surface area contributed by atoms with Crippen LogP contribution in [0.5, 0.6) is 0 Å². The second-order valence-electron chi connectivity index (χ2n) is 8.96. The monoisotopic (exact) mass is 598 g/mol. The van der Waals surface area contributed by atoms with Gasteiger partial charge in [-0.25, -0.2) is 0 Å². The van der Waals surface area contributed by atoms with Gasteiger partial charge in [-0.05, 0) is 6.92 Å². The maximum absolute atomic E-state index is 11.8. The lowest BCUT2D eigenvalue weighted by atomic mass is 10.0. The van der Waals surface area contributed by atoms with Gasteiger partial charge in [0.25, 0.3) is 0 Å². The molecule has 0 aromatic rings. The molecular formula is C25H46N2O14. The molecule has 240 valence electrons.